The van der Waals surface area contributed by atoms with Crippen molar-refractivity contribution in [2.75, 3.05) is 18.0 Å². The van der Waals surface area contributed by atoms with Crippen LogP contribution >= 0.6 is 11.3 Å². The maximum atomic E-state index is 14.2. The third-order valence-electron chi connectivity index (χ3n) is 8.46. The lowest BCUT2D eigenvalue weighted by Gasteiger charge is -2.44. The molecule has 0 spiro atoms. The minimum Gasteiger partial charge on any atom is -0.320 e. The maximum Gasteiger partial charge on any atom is 0.416 e. The SMILES string of the molecule is CC1CC(c2cc(N3Cc4c(cc(CN5CCC[C@H](C)C5)cc4C(F)(F)F)C3=O)cs2)(c2nncn2C)C1. The molecule has 1 amide bonds. The lowest BCUT2D eigenvalue weighted by atomic mass is 9.61. The molecule has 4 heterocycles. The number of likely N-dealkylation sites (tertiary alicyclic amines) is 1. The number of hydrogen-bond donors (Lipinski definition) is 0. The minimum absolute atomic E-state index is 0.0753. The number of aryl methyl sites for hydroxylation is 1. The predicted molar refractivity (Wildman–Crippen MR) is 140 cm³/mol. The van der Waals surface area contributed by atoms with E-state index in [1.807, 2.05) is 23.1 Å². The first kappa shape index (κ1) is 25.6. The lowest BCUT2D eigenvalue weighted by Crippen LogP contribution is -2.42. The van der Waals surface area contributed by atoms with Crippen molar-refractivity contribution in [3.8, 4) is 0 Å². The van der Waals surface area contributed by atoms with Crippen molar-refractivity contribution in [2.24, 2.45) is 18.9 Å². The summed E-state index contributed by atoms with van der Waals surface area (Å²) in [5, 5.41) is 10.4. The van der Waals surface area contributed by atoms with Crippen LogP contribution in [0.25, 0.3) is 0 Å². The Morgan fingerprint density at radius 1 is 1.16 bits per heavy atom. The van der Waals surface area contributed by atoms with E-state index in [-0.39, 0.29) is 29.0 Å². The third-order valence-corrected chi connectivity index (χ3v) is 9.58. The van der Waals surface area contributed by atoms with Crippen LogP contribution in [0.1, 0.15) is 77.3 Å². The molecule has 6 rings (SSSR count). The second-order valence-electron chi connectivity index (χ2n) is 11.6. The molecule has 202 valence electrons. The molecule has 2 aromatic heterocycles. The fourth-order valence-electron chi connectivity index (χ4n) is 6.77. The molecular weight excluding hydrogens is 511 g/mol. The van der Waals surface area contributed by atoms with Gasteiger partial charge in [-0.05, 0) is 73.4 Å². The first-order valence-electron chi connectivity index (χ1n) is 13.3. The number of halogens is 3. The van der Waals surface area contributed by atoms with Crippen LogP contribution in [-0.2, 0) is 31.7 Å². The Balaban J connectivity index is 1.32. The van der Waals surface area contributed by atoms with Crippen molar-refractivity contribution >= 4 is 22.9 Å². The van der Waals surface area contributed by atoms with E-state index in [0.29, 0.717) is 29.6 Å². The zero-order valence-corrected chi connectivity index (χ0v) is 22.7. The van der Waals surface area contributed by atoms with Crippen LogP contribution in [0.2, 0.25) is 0 Å². The van der Waals surface area contributed by atoms with Gasteiger partial charge < -0.3 is 9.47 Å². The fraction of sp³-hybridized carbons (Fsp3) is 0.536. The number of hydrogen-bond acceptors (Lipinski definition) is 5. The molecule has 0 N–H and O–H groups in total. The fourth-order valence-corrected chi connectivity index (χ4v) is 7.88. The highest BCUT2D eigenvalue weighted by molar-refractivity contribution is 7.10. The molecule has 38 heavy (non-hydrogen) atoms. The highest BCUT2D eigenvalue weighted by atomic mass is 32.1. The van der Waals surface area contributed by atoms with Crippen LogP contribution in [0.3, 0.4) is 0 Å². The van der Waals surface area contributed by atoms with Gasteiger partial charge in [-0.1, -0.05) is 13.8 Å². The van der Waals surface area contributed by atoms with E-state index < -0.39 is 11.7 Å². The Kier molecular flexibility index (Phi) is 6.18. The number of alkyl halides is 3. The molecule has 10 heteroatoms. The molecule has 1 aliphatic carbocycles. The Morgan fingerprint density at radius 3 is 2.61 bits per heavy atom. The molecule has 1 aromatic carbocycles. The van der Waals surface area contributed by atoms with Gasteiger partial charge in [0.25, 0.3) is 5.91 Å². The van der Waals surface area contributed by atoms with Crippen molar-refractivity contribution in [2.45, 2.75) is 64.2 Å². The van der Waals surface area contributed by atoms with Crippen molar-refractivity contribution in [1.29, 1.82) is 0 Å². The normalized spacial score (nSPS) is 26.1. The number of aromatic nitrogens is 3. The van der Waals surface area contributed by atoms with Crippen LogP contribution in [-0.4, -0.2) is 38.7 Å². The summed E-state index contributed by atoms with van der Waals surface area (Å²) in [4.78, 5) is 18.3. The molecule has 6 nitrogen and oxygen atoms in total. The van der Waals surface area contributed by atoms with Crippen LogP contribution in [0.4, 0.5) is 18.9 Å². The van der Waals surface area contributed by atoms with E-state index in [2.05, 4.69) is 28.9 Å². The smallest absolute Gasteiger partial charge is 0.320 e. The topological polar surface area (TPSA) is 54.3 Å². The summed E-state index contributed by atoms with van der Waals surface area (Å²) in [6.45, 7) is 6.45. The average Bonchev–Trinajstić information content (AvgIpc) is 3.56. The number of thiophene rings is 1. The Morgan fingerprint density at radius 2 is 1.95 bits per heavy atom. The second kappa shape index (κ2) is 9.19. The molecular formula is C28H32F3N5OS. The van der Waals surface area contributed by atoms with Gasteiger partial charge >= 0.3 is 6.18 Å². The molecule has 0 unspecified atom stereocenters. The molecule has 1 saturated carbocycles. The van der Waals surface area contributed by atoms with E-state index in [9.17, 15) is 18.0 Å². The molecule has 1 atom stereocenters. The highest BCUT2D eigenvalue weighted by Gasteiger charge is 2.49. The van der Waals surface area contributed by atoms with Crippen molar-refractivity contribution in [3.05, 3.63) is 62.9 Å². The van der Waals surface area contributed by atoms with E-state index in [1.54, 1.807) is 23.7 Å². The van der Waals surface area contributed by atoms with Crippen LogP contribution in [0.5, 0.6) is 0 Å². The molecule has 2 aliphatic heterocycles. The predicted octanol–water partition coefficient (Wildman–Crippen LogP) is 6.00. The first-order valence-corrected chi connectivity index (χ1v) is 14.1. The number of nitrogens with zero attached hydrogens (tertiary/aromatic N) is 5. The number of carbonyl (C=O) groups excluding carboxylic acids is 1. The van der Waals surface area contributed by atoms with Crippen molar-refractivity contribution < 1.29 is 18.0 Å². The van der Waals surface area contributed by atoms with E-state index in [4.69, 9.17) is 0 Å². The third kappa shape index (κ3) is 4.25. The van der Waals surface area contributed by atoms with E-state index in [1.165, 1.54) is 11.0 Å². The van der Waals surface area contributed by atoms with Crippen molar-refractivity contribution in [1.82, 2.24) is 19.7 Å². The molecule has 3 aliphatic rings. The summed E-state index contributed by atoms with van der Waals surface area (Å²) in [6, 6.07) is 4.92. The van der Waals surface area contributed by atoms with Gasteiger partial charge in [-0.15, -0.1) is 21.5 Å². The maximum absolute atomic E-state index is 14.2. The van der Waals surface area contributed by atoms with Gasteiger partial charge in [0.05, 0.1) is 23.2 Å². The summed E-state index contributed by atoms with van der Waals surface area (Å²) >= 11 is 1.54. The average molecular weight is 544 g/mol. The molecule has 3 aromatic rings. The lowest BCUT2D eigenvalue weighted by molar-refractivity contribution is -0.138. The minimum atomic E-state index is -4.53. The monoisotopic (exact) mass is 543 g/mol. The van der Waals surface area contributed by atoms with Gasteiger partial charge in [-0.25, -0.2) is 0 Å². The van der Waals surface area contributed by atoms with Gasteiger partial charge in [-0.3, -0.25) is 9.69 Å². The number of piperidine rings is 1. The number of rotatable bonds is 5. The van der Waals surface area contributed by atoms with Gasteiger partial charge in [0.2, 0.25) is 0 Å². The van der Waals surface area contributed by atoms with Crippen molar-refractivity contribution in [3.63, 3.8) is 0 Å². The van der Waals surface area contributed by atoms with Gasteiger partial charge in [0.15, 0.2) is 0 Å². The summed E-state index contributed by atoms with van der Waals surface area (Å²) in [5.41, 5.74) is 0.478. The Labute approximate surface area is 224 Å². The summed E-state index contributed by atoms with van der Waals surface area (Å²) in [6.07, 6.45) is 1.19. The molecule has 0 bridgehead atoms. The first-order chi connectivity index (χ1) is 18.0. The molecule has 1 saturated heterocycles. The van der Waals surface area contributed by atoms with Crippen LogP contribution in [0, 0.1) is 11.8 Å². The van der Waals surface area contributed by atoms with Gasteiger partial charge in [0.1, 0.15) is 12.2 Å². The second-order valence-corrected chi connectivity index (χ2v) is 12.5. The zero-order valence-electron chi connectivity index (χ0n) is 21.9. The van der Waals surface area contributed by atoms with E-state index in [0.717, 1.165) is 49.5 Å². The largest absolute Gasteiger partial charge is 0.416 e. The molecule has 2 fully saturated rings. The number of carbonyl (C=O) groups is 1. The van der Waals surface area contributed by atoms with Gasteiger partial charge in [0, 0.05) is 36.0 Å². The summed E-state index contributed by atoms with van der Waals surface area (Å²) in [7, 11) is 1.93. The summed E-state index contributed by atoms with van der Waals surface area (Å²) < 4.78 is 44.6. The zero-order chi connectivity index (χ0) is 26.8. The number of anilines is 1. The standard InChI is InChI=1S/C28H32F3N5OS/c1-17-5-4-6-35(12-17)13-19-7-21-22(23(8-19)28(29,30)31)14-36(25(21)37)20-9-24(38-15-20)27(10-18(2)11-27)26-33-32-16-34(26)3/h7-9,15-18H,4-6,10-14H2,1-3H3/t17-,18?,27?/m0/s1. The van der Waals surface area contributed by atoms with Crippen LogP contribution < -0.4 is 4.90 Å². The number of benzene rings is 1. The Hall–Kier alpha value is -2.72. The number of amides is 1. The summed E-state index contributed by atoms with van der Waals surface area (Å²) in [5.74, 6) is 1.58. The van der Waals surface area contributed by atoms with Gasteiger partial charge in [-0.2, -0.15) is 13.2 Å². The van der Waals surface area contributed by atoms with Crippen LogP contribution in [0.15, 0.2) is 29.9 Å². The number of fused-ring (bicyclic) bond motifs is 1. The van der Waals surface area contributed by atoms with E-state index >= 15 is 0 Å². The Bertz CT molecular complexity index is 1370. The quantitative estimate of drug-likeness (QED) is 0.396. The molecule has 0 radical (unpaired) electrons. The highest BCUT2D eigenvalue weighted by Crippen LogP contribution is 2.54.